The number of benzene rings is 1. The van der Waals surface area contributed by atoms with Crippen LogP contribution in [0.2, 0.25) is 0 Å². The number of piperazine rings is 1. The van der Waals surface area contributed by atoms with E-state index in [0.29, 0.717) is 18.8 Å². The highest BCUT2D eigenvalue weighted by atomic mass is 16.5. The summed E-state index contributed by atoms with van der Waals surface area (Å²) in [6.45, 7) is 12.9. The number of aromatic nitrogens is 1. The third kappa shape index (κ3) is 6.33. The standard InChI is InChI=1S/C25H38N4O3/c1-5-10-29-23-16-20(7-8-21(23)22(19(2)3)17-25(29)31)32-18-24(30)26-9-6-11-28-14-12-27(4)13-15-28/h7-8,16-17,19H,5-6,9-15,18H2,1-4H3,(H,26,30). The number of fused-ring (bicyclic) bond motifs is 1. The molecule has 0 bridgehead atoms. The molecule has 1 aliphatic heterocycles. The lowest BCUT2D eigenvalue weighted by atomic mass is 9.98. The van der Waals surface area contributed by atoms with Crippen molar-refractivity contribution in [2.45, 2.75) is 46.1 Å². The van der Waals surface area contributed by atoms with Crippen LogP contribution in [-0.2, 0) is 11.3 Å². The molecule has 32 heavy (non-hydrogen) atoms. The summed E-state index contributed by atoms with van der Waals surface area (Å²) in [5, 5.41) is 4.01. The Bertz CT molecular complexity index is 962. The summed E-state index contributed by atoms with van der Waals surface area (Å²) in [5.74, 6) is 0.741. The van der Waals surface area contributed by atoms with Crippen LogP contribution < -0.4 is 15.6 Å². The first-order chi connectivity index (χ1) is 15.4. The first-order valence-electron chi connectivity index (χ1n) is 11.9. The summed E-state index contributed by atoms with van der Waals surface area (Å²) >= 11 is 0. The topological polar surface area (TPSA) is 66.8 Å². The summed E-state index contributed by atoms with van der Waals surface area (Å²) in [6.07, 6.45) is 1.81. The fourth-order valence-electron chi connectivity index (χ4n) is 4.21. The number of ether oxygens (including phenoxy) is 1. The number of hydrogen-bond donors (Lipinski definition) is 1. The molecule has 0 aliphatic carbocycles. The van der Waals surface area contributed by atoms with Crippen molar-refractivity contribution in [3.05, 3.63) is 40.2 Å². The SMILES string of the molecule is CCCn1c(=O)cc(C(C)C)c2ccc(OCC(=O)NCCCN3CCN(C)CC3)cc21. The summed E-state index contributed by atoms with van der Waals surface area (Å²) in [6, 6.07) is 7.52. The van der Waals surface area contributed by atoms with Crippen molar-refractivity contribution in [3.8, 4) is 5.75 Å². The lowest BCUT2D eigenvalue weighted by molar-refractivity contribution is -0.123. The zero-order valence-electron chi connectivity index (χ0n) is 20.0. The molecular formula is C25H38N4O3. The molecule has 2 aromatic rings. The Balaban J connectivity index is 1.55. The van der Waals surface area contributed by atoms with Gasteiger partial charge in [0.25, 0.3) is 11.5 Å². The molecule has 1 saturated heterocycles. The Morgan fingerprint density at radius 2 is 1.88 bits per heavy atom. The van der Waals surface area contributed by atoms with Gasteiger partial charge in [-0.15, -0.1) is 0 Å². The monoisotopic (exact) mass is 442 g/mol. The smallest absolute Gasteiger partial charge is 0.257 e. The molecule has 1 aromatic heterocycles. The number of carbonyl (C=O) groups is 1. The van der Waals surface area contributed by atoms with Gasteiger partial charge in [0.1, 0.15) is 5.75 Å². The Kier molecular flexibility index (Phi) is 8.70. The van der Waals surface area contributed by atoms with Gasteiger partial charge in [0.2, 0.25) is 0 Å². The van der Waals surface area contributed by atoms with Crippen LogP contribution in [-0.4, -0.2) is 73.2 Å². The summed E-state index contributed by atoms with van der Waals surface area (Å²) in [4.78, 5) is 29.7. The van der Waals surface area contributed by atoms with Gasteiger partial charge in [-0.1, -0.05) is 20.8 Å². The van der Waals surface area contributed by atoms with Gasteiger partial charge in [-0.25, -0.2) is 0 Å². The Morgan fingerprint density at radius 3 is 2.56 bits per heavy atom. The van der Waals surface area contributed by atoms with E-state index in [2.05, 4.69) is 42.9 Å². The van der Waals surface area contributed by atoms with Gasteiger partial charge >= 0.3 is 0 Å². The van der Waals surface area contributed by atoms with Crippen molar-refractivity contribution >= 4 is 16.8 Å². The lowest BCUT2D eigenvalue weighted by Gasteiger charge is -2.32. The summed E-state index contributed by atoms with van der Waals surface area (Å²) in [5.41, 5.74) is 1.92. The molecule has 1 fully saturated rings. The molecule has 1 aromatic carbocycles. The number of likely N-dealkylation sites (N-methyl/N-ethyl adjacent to an activating group) is 1. The van der Waals surface area contributed by atoms with Gasteiger partial charge in [0, 0.05) is 56.8 Å². The van der Waals surface area contributed by atoms with Crippen LogP contribution in [0.15, 0.2) is 29.1 Å². The molecule has 0 radical (unpaired) electrons. The fourth-order valence-corrected chi connectivity index (χ4v) is 4.21. The molecule has 1 N–H and O–H groups in total. The van der Waals surface area contributed by atoms with Crippen molar-refractivity contribution in [2.75, 3.05) is 52.9 Å². The van der Waals surface area contributed by atoms with Gasteiger partial charge in [0.05, 0.1) is 5.52 Å². The number of aryl methyl sites for hydroxylation is 1. The van der Waals surface area contributed by atoms with Crippen molar-refractivity contribution in [1.29, 1.82) is 0 Å². The van der Waals surface area contributed by atoms with E-state index in [-0.39, 0.29) is 24.0 Å². The maximum atomic E-state index is 12.7. The number of pyridine rings is 1. The van der Waals surface area contributed by atoms with Crippen LogP contribution in [0.5, 0.6) is 5.75 Å². The van der Waals surface area contributed by atoms with Crippen molar-refractivity contribution < 1.29 is 9.53 Å². The predicted octanol–water partition coefficient (Wildman–Crippen LogP) is 2.67. The first-order valence-corrected chi connectivity index (χ1v) is 11.9. The third-order valence-corrected chi connectivity index (χ3v) is 6.12. The molecule has 0 saturated carbocycles. The molecule has 2 heterocycles. The summed E-state index contributed by atoms with van der Waals surface area (Å²) in [7, 11) is 2.15. The normalized spacial score (nSPS) is 15.4. The van der Waals surface area contributed by atoms with Crippen LogP contribution in [0.1, 0.15) is 45.1 Å². The van der Waals surface area contributed by atoms with Gasteiger partial charge < -0.3 is 24.4 Å². The van der Waals surface area contributed by atoms with Gasteiger partial charge in [0.15, 0.2) is 6.61 Å². The second-order valence-electron chi connectivity index (χ2n) is 9.06. The number of carbonyl (C=O) groups excluding carboxylic acids is 1. The van der Waals surface area contributed by atoms with E-state index >= 15 is 0 Å². The van der Waals surface area contributed by atoms with Gasteiger partial charge in [-0.2, -0.15) is 0 Å². The zero-order chi connectivity index (χ0) is 23.1. The fraction of sp³-hybridized carbons (Fsp3) is 0.600. The average Bonchev–Trinajstić information content (AvgIpc) is 2.78. The number of amides is 1. The largest absolute Gasteiger partial charge is 0.484 e. The van der Waals surface area contributed by atoms with Crippen LogP contribution >= 0.6 is 0 Å². The van der Waals surface area contributed by atoms with E-state index in [1.807, 2.05) is 18.2 Å². The Hall–Kier alpha value is -2.38. The second kappa shape index (κ2) is 11.5. The molecular weight excluding hydrogens is 404 g/mol. The molecule has 0 spiro atoms. The van der Waals surface area contributed by atoms with E-state index in [4.69, 9.17) is 4.74 Å². The molecule has 1 amide bonds. The predicted molar refractivity (Wildman–Crippen MR) is 130 cm³/mol. The van der Waals surface area contributed by atoms with E-state index in [1.165, 1.54) is 0 Å². The third-order valence-electron chi connectivity index (χ3n) is 6.12. The highest BCUT2D eigenvalue weighted by molar-refractivity contribution is 5.84. The van der Waals surface area contributed by atoms with Crippen molar-refractivity contribution in [1.82, 2.24) is 19.7 Å². The van der Waals surface area contributed by atoms with Crippen LogP contribution in [0.25, 0.3) is 10.9 Å². The van der Waals surface area contributed by atoms with Crippen LogP contribution in [0, 0.1) is 0 Å². The van der Waals surface area contributed by atoms with E-state index in [9.17, 15) is 9.59 Å². The van der Waals surface area contributed by atoms with Crippen LogP contribution in [0.3, 0.4) is 0 Å². The number of nitrogens with zero attached hydrogens (tertiary/aromatic N) is 3. The minimum atomic E-state index is -0.120. The Labute approximate surface area is 191 Å². The highest BCUT2D eigenvalue weighted by Crippen LogP contribution is 2.27. The second-order valence-corrected chi connectivity index (χ2v) is 9.06. The maximum absolute atomic E-state index is 12.7. The minimum Gasteiger partial charge on any atom is -0.484 e. The Morgan fingerprint density at radius 1 is 1.12 bits per heavy atom. The first kappa shape index (κ1) is 24.3. The van der Waals surface area contributed by atoms with Crippen LogP contribution in [0.4, 0.5) is 0 Å². The quantitative estimate of drug-likeness (QED) is 0.573. The summed E-state index contributed by atoms with van der Waals surface area (Å²) < 4.78 is 7.56. The number of rotatable bonds is 10. The zero-order valence-corrected chi connectivity index (χ0v) is 20.0. The molecule has 1 aliphatic rings. The lowest BCUT2D eigenvalue weighted by Crippen LogP contribution is -2.45. The molecule has 0 atom stereocenters. The van der Waals surface area contributed by atoms with E-state index in [1.54, 1.807) is 10.6 Å². The molecule has 7 nitrogen and oxygen atoms in total. The highest BCUT2D eigenvalue weighted by Gasteiger charge is 2.14. The molecule has 3 rings (SSSR count). The van der Waals surface area contributed by atoms with Gasteiger partial charge in [-0.05, 0) is 50.0 Å². The molecule has 0 unspecified atom stereocenters. The number of hydrogen-bond acceptors (Lipinski definition) is 5. The van der Waals surface area contributed by atoms with E-state index in [0.717, 1.165) is 62.0 Å². The van der Waals surface area contributed by atoms with E-state index < -0.39 is 0 Å². The van der Waals surface area contributed by atoms with Gasteiger partial charge in [-0.3, -0.25) is 9.59 Å². The molecule has 7 heteroatoms. The minimum absolute atomic E-state index is 0.0123. The van der Waals surface area contributed by atoms with Crippen molar-refractivity contribution in [2.24, 2.45) is 0 Å². The number of nitrogens with one attached hydrogen (secondary N) is 1. The maximum Gasteiger partial charge on any atom is 0.257 e. The van der Waals surface area contributed by atoms with Crippen molar-refractivity contribution in [3.63, 3.8) is 0 Å². The average molecular weight is 443 g/mol. The molecule has 176 valence electrons.